The van der Waals surface area contributed by atoms with Gasteiger partial charge in [0.15, 0.2) is 6.29 Å². The molecule has 2 aromatic heterocycles. The Balaban J connectivity index is 0.000000205. The minimum Gasteiger partial charge on any atom is -0.399 e. The molecule has 1 saturated heterocycles. The summed E-state index contributed by atoms with van der Waals surface area (Å²) in [6.07, 6.45) is -0.281. The fourth-order valence-electron chi connectivity index (χ4n) is 3.12. The second-order valence-corrected chi connectivity index (χ2v) is 8.52. The number of nitrogens with zero attached hydrogens (tertiary/aromatic N) is 2. The van der Waals surface area contributed by atoms with Crippen molar-refractivity contribution in [3.05, 3.63) is 59.8 Å². The number of halogens is 4. The lowest BCUT2D eigenvalue weighted by Crippen LogP contribution is -2.41. The Bertz CT molecular complexity index is 1150. The number of aromatic nitrogens is 2. The molecule has 1 aliphatic rings. The molecule has 0 radical (unpaired) electrons. The third-order valence-corrected chi connectivity index (χ3v) is 5.78. The van der Waals surface area contributed by atoms with Gasteiger partial charge in [-0.25, -0.2) is 9.37 Å². The van der Waals surface area contributed by atoms with E-state index >= 15 is 0 Å². The molecule has 1 aliphatic heterocycles. The van der Waals surface area contributed by atoms with E-state index in [4.69, 9.17) is 9.31 Å². The van der Waals surface area contributed by atoms with Crippen molar-refractivity contribution >= 4 is 30.2 Å². The van der Waals surface area contributed by atoms with E-state index in [2.05, 4.69) is 10.3 Å². The Morgan fingerprint density at radius 3 is 2.27 bits per heavy atom. The Kier molecular flexibility index (Phi) is 6.59. The Hall–Kier alpha value is -2.92. The van der Waals surface area contributed by atoms with Crippen LogP contribution < -0.4 is 10.8 Å². The van der Waals surface area contributed by atoms with Crippen molar-refractivity contribution in [2.75, 3.05) is 12.4 Å². The molecule has 1 N–H and O–H groups in total. The second-order valence-electron chi connectivity index (χ2n) is 8.52. The fourth-order valence-corrected chi connectivity index (χ4v) is 3.12. The Morgan fingerprint density at radius 2 is 1.73 bits per heavy atom. The molecule has 0 aliphatic carbocycles. The minimum absolute atomic E-state index is 0.158. The highest BCUT2D eigenvalue weighted by molar-refractivity contribution is 6.62. The standard InChI is InChI=1S/C14H17BN2O3.C8H7F4N/c1-13(2)14(3,4)20-15(19-13)10-5-6-17-11(9-18)8-16-12(17)7-10;1-13-7-4-5(8(10,11)12)2-3-6(7)9/h5-9H,1-4H3;2-4,13H,1H3. The van der Waals surface area contributed by atoms with Gasteiger partial charge in [0.2, 0.25) is 0 Å². The summed E-state index contributed by atoms with van der Waals surface area (Å²) in [4.78, 5) is 15.1. The van der Waals surface area contributed by atoms with Crippen LogP contribution in [0.3, 0.4) is 0 Å². The lowest BCUT2D eigenvalue weighted by atomic mass is 9.80. The number of pyridine rings is 1. The van der Waals surface area contributed by atoms with Crippen LogP contribution in [0.5, 0.6) is 0 Å². The van der Waals surface area contributed by atoms with Crippen molar-refractivity contribution in [2.24, 2.45) is 0 Å². The molecule has 0 spiro atoms. The number of carbonyl (C=O) groups excluding carboxylic acids is 1. The smallest absolute Gasteiger partial charge is 0.399 e. The van der Waals surface area contributed by atoms with Crippen LogP contribution in [0.2, 0.25) is 0 Å². The Morgan fingerprint density at radius 1 is 1.09 bits per heavy atom. The van der Waals surface area contributed by atoms with Crippen molar-refractivity contribution in [1.82, 2.24) is 9.38 Å². The molecule has 0 saturated carbocycles. The number of nitrogens with one attached hydrogen (secondary N) is 1. The first-order valence-corrected chi connectivity index (χ1v) is 10.1. The van der Waals surface area contributed by atoms with Crippen molar-refractivity contribution in [1.29, 1.82) is 0 Å². The maximum atomic E-state index is 12.7. The minimum atomic E-state index is -4.43. The number of benzene rings is 1. The van der Waals surface area contributed by atoms with Gasteiger partial charge >= 0.3 is 13.3 Å². The number of imidazole rings is 1. The van der Waals surface area contributed by atoms with Gasteiger partial charge in [-0.3, -0.25) is 9.20 Å². The summed E-state index contributed by atoms with van der Waals surface area (Å²) in [7, 11) is 0.944. The van der Waals surface area contributed by atoms with Gasteiger partial charge in [-0.15, -0.1) is 0 Å². The number of carbonyl (C=O) groups is 1. The van der Waals surface area contributed by atoms with E-state index in [9.17, 15) is 22.4 Å². The molecule has 3 heterocycles. The van der Waals surface area contributed by atoms with Gasteiger partial charge in [0.25, 0.3) is 0 Å². The first-order chi connectivity index (χ1) is 15.3. The summed E-state index contributed by atoms with van der Waals surface area (Å²) in [5.41, 5.74) is 0.382. The monoisotopic (exact) mass is 465 g/mol. The molecule has 0 amide bonds. The zero-order chi connectivity index (χ0) is 24.6. The average Bonchev–Trinajstić information content (AvgIpc) is 3.24. The highest BCUT2D eigenvalue weighted by Gasteiger charge is 2.51. The van der Waals surface area contributed by atoms with E-state index < -0.39 is 24.7 Å². The molecule has 33 heavy (non-hydrogen) atoms. The number of anilines is 1. The van der Waals surface area contributed by atoms with Crippen LogP contribution in [-0.2, 0) is 15.5 Å². The topological polar surface area (TPSA) is 64.9 Å². The van der Waals surface area contributed by atoms with E-state index in [1.54, 1.807) is 10.6 Å². The van der Waals surface area contributed by atoms with Gasteiger partial charge in [0.05, 0.1) is 28.6 Å². The van der Waals surface area contributed by atoms with Gasteiger partial charge in [0.1, 0.15) is 17.2 Å². The van der Waals surface area contributed by atoms with Crippen LogP contribution in [-0.4, -0.2) is 41.0 Å². The molecule has 176 valence electrons. The van der Waals surface area contributed by atoms with E-state index in [-0.39, 0.29) is 16.9 Å². The molecule has 3 aromatic rings. The van der Waals surface area contributed by atoms with E-state index in [1.165, 1.54) is 7.05 Å². The zero-order valence-electron chi connectivity index (χ0n) is 18.8. The lowest BCUT2D eigenvalue weighted by Gasteiger charge is -2.32. The fraction of sp³-hybridized carbons (Fsp3) is 0.364. The van der Waals surface area contributed by atoms with Crippen molar-refractivity contribution < 1.29 is 31.7 Å². The molecule has 0 bridgehead atoms. The Labute approximate surface area is 189 Å². The number of hydrogen-bond donors (Lipinski definition) is 1. The zero-order valence-corrected chi connectivity index (χ0v) is 18.8. The maximum absolute atomic E-state index is 12.7. The summed E-state index contributed by atoms with van der Waals surface area (Å²) in [5.74, 6) is -0.699. The van der Waals surface area contributed by atoms with Crippen molar-refractivity contribution in [3.8, 4) is 0 Å². The predicted octanol–water partition coefficient (Wildman–Crippen LogP) is 4.33. The van der Waals surface area contributed by atoms with Gasteiger partial charge in [0, 0.05) is 13.2 Å². The molecule has 1 fully saturated rings. The van der Waals surface area contributed by atoms with E-state index in [1.807, 2.05) is 46.0 Å². The first-order valence-electron chi connectivity index (χ1n) is 10.1. The number of alkyl halides is 3. The number of aldehydes is 1. The lowest BCUT2D eigenvalue weighted by molar-refractivity contribution is -0.137. The molecular weight excluding hydrogens is 441 g/mol. The summed E-state index contributed by atoms with van der Waals surface area (Å²) in [6, 6.07) is 6.00. The molecular formula is C22H24BF4N3O3. The average molecular weight is 465 g/mol. The predicted molar refractivity (Wildman–Crippen MR) is 117 cm³/mol. The maximum Gasteiger partial charge on any atom is 0.495 e. The van der Waals surface area contributed by atoms with Gasteiger partial charge in [-0.1, -0.05) is 0 Å². The molecule has 6 nitrogen and oxygen atoms in total. The summed E-state index contributed by atoms with van der Waals surface area (Å²) in [6.45, 7) is 8.08. The van der Waals surface area contributed by atoms with Gasteiger partial charge in [-0.2, -0.15) is 13.2 Å². The number of hydrogen-bond acceptors (Lipinski definition) is 5. The third kappa shape index (κ3) is 5.04. The largest absolute Gasteiger partial charge is 0.495 e. The van der Waals surface area contributed by atoms with E-state index in [0.717, 1.165) is 23.9 Å². The van der Waals surface area contributed by atoms with Crippen LogP contribution in [0.1, 0.15) is 43.7 Å². The van der Waals surface area contributed by atoms with Crippen molar-refractivity contribution in [3.63, 3.8) is 0 Å². The van der Waals surface area contributed by atoms with Crippen LogP contribution in [0.4, 0.5) is 23.2 Å². The second kappa shape index (κ2) is 8.79. The SMILES string of the molecule is CC1(C)OB(c2ccn3c(C=O)cnc3c2)OC1(C)C.CNc1cc(C(F)(F)F)ccc1F. The summed E-state index contributed by atoms with van der Waals surface area (Å²) in [5, 5.41) is 2.33. The molecule has 1 aromatic carbocycles. The van der Waals surface area contributed by atoms with Crippen LogP contribution in [0.15, 0.2) is 42.7 Å². The van der Waals surface area contributed by atoms with Gasteiger partial charge < -0.3 is 14.6 Å². The molecule has 4 rings (SSSR count). The van der Waals surface area contributed by atoms with Crippen LogP contribution in [0.25, 0.3) is 5.65 Å². The summed E-state index contributed by atoms with van der Waals surface area (Å²) >= 11 is 0. The normalized spacial score (nSPS) is 16.9. The van der Waals surface area contributed by atoms with E-state index in [0.29, 0.717) is 17.4 Å². The van der Waals surface area contributed by atoms with Crippen molar-refractivity contribution in [2.45, 2.75) is 45.1 Å². The van der Waals surface area contributed by atoms with Crippen LogP contribution in [0, 0.1) is 5.82 Å². The quantitative estimate of drug-likeness (QED) is 0.355. The van der Waals surface area contributed by atoms with Crippen LogP contribution >= 0.6 is 0 Å². The molecule has 0 unspecified atom stereocenters. The summed E-state index contributed by atoms with van der Waals surface area (Å²) < 4.78 is 62.7. The molecule has 0 atom stereocenters. The highest BCUT2D eigenvalue weighted by Crippen LogP contribution is 2.36. The number of rotatable bonds is 3. The highest BCUT2D eigenvalue weighted by atomic mass is 19.4. The first kappa shape index (κ1) is 24.7. The third-order valence-electron chi connectivity index (χ3n) is 5.78. The number of fused-ring (bicyclic) bond motifs is 1. The molecule has 11 heteroatoms. The van der Waals surface area contributed by atoms with Gasteiger partial charge in [-0.05, 0) is 63.5 Å².